The molecule has 0 radical (unpaired) electrons. The number of benzene rings is 14. The topological polar surface area (TPSA) is 198 Å². The van der Waals surface area contributed by atoms with Gasteiger partial charge in [-0.25, -0.2) is 4.67 Å². The normalized spacial score (nSPS) is 14.9. The van der Waals surface area contributed by atoms with Crippen LogP contribution in [0, 0.1) is 11.8 Å². The number of nitrogens with zero attached hydrogens (tertiary/aromatic N) is 2. The third kappa shape index (κ3) is 36.5. The minimum atomic E-state index is -3.15. The van der Waals surface area contributed by atoms with Crippen molar-refractivity contribution in [2.24, 2.45) is 11.8 Å². The van der Waals surface area contributed by atoms with E-state index in [-0.39, 0.29) is 94.8 Å². The minimum absolute atomic E-state index is 0. The summed E-state index contributed by atoms with van der Waals surface area (Å²) >= 11 is 6.15. The number of aryl methyl sites for hydroxylation is 2. The fourth-order valence-electron chi connectivity index (χ4n) is 18.8. The van der Waals surface area contributed by atoms with Crippen LogP contribution in [-0.2, 0) is 42.5 Å². The third-order valence-electron chi connectivity index (χ3n) is 25.7. The predicted molar refractivity (Wildman–Crippen MR) is 616 cm³/mol. The molecule has 16 aromatic rings. The maximum absolute atomic E-state index is 11.6. The van der Waals surface area contributed by atoms with E-state index in [9.17, 15) is 10.2 Å². The molecule has 0 fully saturated rings. The van der Waals surface area contributed by atoms with Crippen molar-refractivity contribution in [3.8, 4) is 34.1 Å². The SMILES string of the molecule is CCCCCc1cc2c(c(O)c1-c1cccnc1)[C@@H]1C=C(C)CC[C@H]1C(C)(C)O2.CCCCCc1cc2c(c(O)c1Br)[C@@H]1C=C(C)CC[C@H]1C(C)(C)O2.O=[P+]([O-])O[O-].OB(O)c1cccnc1.[K+].[K][K].[Pd].c1ccc(P(c2ccccc2)c2ccccc2)cc1.c1ccc(P(c2ccccc2)c2ccccc2)cc1.c1ccc(P(c2ccccc2)c2ccccc2)cc1.c1ccc(P(c2ccccc2)c2ccccc2)cc1. The first-order valence-corrected chi connectivity index (χ1v) is 73.5. The summed E-state index contributed by atoms with van der Waals surface area (Å²) in [6.07, 6.45) is 24.7. The molecule has 4 N–H and O–H groups in total. The fourth-order valence-corrected chi connectivity index (χ4v) is 28.5. The molecule has 2 aromatic heterocycles. The van der Waals surface area contributed by atoms with Crippen molar-refractivity contribution in [1.29, 1.82) is 0 Å². The second kappa shape index (κ2) is 65.5. The number of hydrogen-bond acceptors (Lipinski definition) is 12. The van der Waals surface area contributed by atoms with E-state index in [4.69, 9.17) is 34.2 Å². The van der Waals surface area contributed by atoms with Gasteiger partial charge in [-0.15, -0.1) is 0 Å². The molecule has 0 spiro atoms. The molecule has 147 heavy (non-hydrogen) atoms. The van der Waals surface area contributed by atoms with E-state index >= 15 is 0 Å². The summed E-state index contributed by atoms with van der Waals surface area (Å²) in [5.74, 6) is 3.74. The first-order chi connectivity index (χ1) is 70.6. The van der Waals surface area contributed by atoms with E-state index in [2.05, 4.69) is 474 Å². The number of rotatable bonds is 23. The first kappa shape index (κ1) is 123. The molecule has 1 unspecified atom stereocenters. The van der Waals surface area contributed by atoms with Crippen molar-refractivity contribution in [1.82, 2.24) is 9.97 Å². The largest absolute Gasteiger partial charge is 0.0622 e. The van der Waals surface area contributed by atoms with Crippen molar-refractivity contribution in [3.63, 3.8) is 0 Å². The van der Waals surface area contributed by atoms with Crippen LogP contribution in [0.25, 0.3) is 11.1 Å². The predicted octanol–water partition coefficient (Wildman–Crippen LogP) is 20.4. The molecule has 0 saturated heterocycles. The fraction of sp³-hybridized carbons (Fsp3) is 0.210. The number of phenolic OH excluding ortho intramolecular Hbond substituents is 2. The molecule has 0 saturated carbocycles. The number of phenols is 2. The molecular weight excluding hydrogens is 2150 g/mol. The molecule has 742 valence electrons. The second-order valence-corrected chi connectivity index (χ2v) is 46.8. The summed E-state index contributed by atoms with van der Waals surface area (Å²) < 4.78 is 25.1. The Morgan fingerprint density at radius 3 is 0.891 bits per heavy atom. The third-order valence-corrected chi connectivity index (χ3v) is 36.4. The molecule has 2 aliphatic heterocycles. The van der Waals surface area contributed by atoms with Crippen LogP contribution in [-0.4, -0.2) is 112 Å². The average molecular weight is 2280 g/mol. The van der Waals surface area contributed by atoms with E-state index in [1.807, 2.05) is 18.3 Å². The molecular formula is C124H128BBrK3N2O10P5Pd. The van der Waals surface area contributed by atoms with Gasteiger partial charge in [0.2, 0.25) is 0 Å². The van der Waals surface area contributed by atoms with Crippen LogP contribution in [0.4, 0.5) is 0 Å². The van der Waals surface area contributed by atoms with Crippen LogP contribution < -0.4 is 140 Å². The van der Waals surface area contributed by atoms with Crippen LogP contribution in [0.3, 0.4) is 0 Å². The van der Waals surface area contributed by atoms with Crippen LogP contribution in [0.5, 0.6) is 23.0 Å². The monoisotopic (exact) mass is 2270 g/mol. The molecule has 4 heterocycles. The van der Waals surface area contributed by atoms with Gasteiger partial charge >= 0.3 is 130 Å². The molecule has 20 rings (SSSR count). The van der Waals surface area contributed by atoms with Crippen LogP contribution in [0.1, 0.15) is 154 Å². The zero-order chi connectivity index (χ0) is 103. The van der Waals surface area contributed by atoms with Gasteiger partial charge in [0.05, 0.1) is 4.47 Å². The Hall–Kier alpha value is -6.20. The number of allylic oxidation sites excluding steroid dienone is 4. The van der Waals surface area contributed by atoms with Gasteiger partial charge in [-0.05, 0) is 244 Å². The zero-order valence-electron chi connectivity index (χ0n) is 86.0. The summed E-state index contributed by atoms with van der Waals surface area (Å²) in [4.78, 5) is 16.9. The van der Waals surface area contributed by atoms with Crippen LogP contribution in [0.15, 0.2) is 453 Å². The Bertz CT molecular complexity index is 5740. The number of hydrogen-bond donors (Lipinski definition) is 4. The van der Waals surface area contributed by atoms with E-state index in [0.29, 0.717) is 28.8 Å². The Balaban J connectivity index is 0.000000176. The number of halogens is 1. The zero-order valence-corrected chi connectivity index (χ0v) is 103. The molecule has 5 atom stereocenters. The van der Waals surface area contributed by atoms with Crippen molar-refractivity contribution in [2.45, 2.75) is 155 Å². The maximum atomic E-state index is 11.6. The minimum Gasteiger partial charge on any atom is -0.0622 e. The number of fused-ring (bicyclic) bond motifs is 6. The summed E-state index contributed by atoms with van der Waals surface area (Å²) in [5.41, 5.74) is 8.98. The Labute approximate surface area is 988 Å². The second-order valence-electron chi connectivity index (χ2n) is 36.5. The van der Waals surface area contributed by atoms with Gasteiger partial charge < -0.3 is 39.9 Å². The van der Waals surface area contributed by atoms with E-state index in [1.54, 1.807) is 24.5 Å². The number of pyridine rings is 2. The molecule has 23 heteroatoms. The van der Waals surface area contributed by atoms with E-state index in [1.165, 1.54) is 170 Å². The van der Waals surface area contributed by atoms with Crippen molar-refractivity contribution in [2.75, 3.05) is 0 Å². The summed E-state index contributed by atoms with van der Waals surface area (Å²) in [6, 6.07) is 141. The number of aromatic hydroxyl groups is 2. The Morgan fingerprint density at radius 1 is 0.408 bits per heavy atom. The van der Waals surface area contributed by atoms with Crippen molar-refractivity contribution in [3.05, 3.63) is 475 Å². The molecule has 14 aromatic carbocycles. The molecule has 4 aliphatic rings. The summed E-state index contributed by atoms with van der Waals surface area (Å²) in [5, 5.41) is 64.9. The van der Waals surface area contributed by atoms with Crippen molar-refractivity contribution < 1.29 is 121 Å². The van der Waals surface area contributed by atoms with Gasteiger partial charge in [0.25, 0.3) is 0 Å². The Kier molecular flexibility index (Phi) is 54.6. The van der Waals surface area contributed by atoms with Gasteiger partial charge in [0, 0.05) is 96.6 Å². The van der Waals surface area contributed by atoms with Crippen LogP contribution in [0.2, 0.25) is 0 Å². The van der Waals surface area contributed by atoms with Crippen molar-refractivity contribution >= 4 is 195 Å². The van der Waals surface area contributed by atoms with E-state index < -0.39 is 47.1 Å². The van der Waals surface area contributed by atoms with Gasteiger partial charge in [-0.2, -0.15) is 0 Å². The summed E-state index contributed by atoms with van der Waals surface area (Å²) in [6.45, 7) is 17.6. The standard InChI is InChI=1S/C26H33NO2.C21H29BrO2.4C18H15P.C5H6BNO2.3K.HO4P.Pd/c1-5-6-7-9-18-15-22-24(25(28)23(18)19-10-8-13-27-16-19)20-14-17(2)11-12-21(20)26(3,4)29-22;1-5-6-7-8-14-12-17-18(20(23)19(14)22)15-11-13(2)9-10-16(15)21(3,4)24-17;4*1-4-10-16(11-5-1)19(17-12-6-2-7-13-17)18-14-8-3-9-15-18;8-6(9)5-2-1-3-7-4-5;;;;1-4-5(2)3;/h8,10,13-16,20-21,28H,5-7,9,11-12H2,1-4H3;11-12,15-16,23H,5-10H2,1-4H3;4*1-15H;1-4,8-9H;;;;1H;/q;;;;;;;;;+1;;/p-1/t20-,21-;15-,16-;;;;;;;;;;/m11........../s1. The smallest absolute Gasteiger partial charge is 0 e. The summed E-state index contributed by atoms with van der Waals surface area (Å²) in [7, 11) is -6.34. The first-order valence-electron chi connectivity index (χ1n) is 50.2. The van der Waals surface area contributed by atoms with Gasteiger partial charge in [-0.1, -0.05) is 439 Å². The number of ether oxygens (including phenoxy) is 2. The quantitative estimate of drug-likeness (QED) is 0.0118. The molecule has 0 amide bonds. The van der Waals surface area contributed by atoms with Gasteiger partial charge in [0.1, 0.15) is 34.2 Å². The van der Waals surface area contributed by atoms with Gasteiger partial charge in [-0.3, -0.25) is 9.97 Å². The molecule has 12 nitrogen and oxygen atoms in total. The molecule has 2 aliphatic carbocycles. The van der Waals surface area contributed by atoms with E-state index in [0.717, 1.165) is 101 Å². The maximum Gasteiger partial charge on any atom is 0 e. The Morgan fingerprint density at radius 2 is 0.660 bits per heavy atom. The van der Waals surface area contributed by atoms with Crippen LogP contribution >= 0.6 is 55.9 Å². The number of aromatic nitrogens is 2. The molecule has 0 bridgehead atoms. The van der Waals surface area contributed by atoms with Gasteiger partial charge in [0.15, 0.2) is 0 Å². The number of unbranched alkanes of at least 4 members (excludes halogenated alkanes) is 4. The average Bonchev–Trinajstić information content (AvgIpc) is 0.734.